The molecular weight excluding hydrogens is 274 g/mol. The number of nitrogen functional groups attached to an aromatic ring is 1. The first-order chi connectivity index (χ1) is 9.90. The van der Waals surface area contributed by atoms with Crippen molar-refractivity contribution in [3.63, 3.8) is 0 Å². The Morgan fingerprint density at radius 1 is 1.38 bits per heavy atom. The molecule has 1 aromatic heterocycles. The van der Waals surface area contributed by atoms with Gasteiger partial charge in [-0.3, -0.25) is 15.5 Å². The van der Waals surface area contributed by atoms with Crippen LogP contribution in [0, 0.1) is 29.4 Å². The molecule has 0 bridgehead atoms. The summed E-state index contributed by atoms with van der Waals surface area (Å²) in [4.78, 5) is 10.5. The maximum absolute atomic E-state index is 11.0. The summed E-state index contributed by atoms with van der Waals surface area (Å²) < 4.78 is 5.55. The lowest BCUT2D eigenvalue weighted by Crippen LogP contribution is -2.13. The van der Waals surface area contributed by atoms with E-state index in [9.17, 15) is 10.1 Å². The molecule has 1 aromatic carbocycles. The van der Waals surface area contributed by atoms with Crippen molar-refractivity contribution in [3.8, 4) is 11.6 Å². The Kier molecular flexibility index (Phi) is 3.79. The fraction of sp³-hybridized carbons (Fsp3) is 0.154. The van der Waals surface area contributed by atoms with Gasteiger partial charge in [0.2, 0.25) is 5.88 Å². The second kappa shape index (κ2) is 5.53. The summed E-state index contributed by atoms with van der Waals surface area (Å²) >= 11 is 0. The number of nitrogens with one attached hydrogen (secondary N) is 1. The molecule has 0 aliphatic rings. The fourth-order valence-electron chi connectivity index (χ4n) is 1.83. The number of benzene rings is 1. The molecule has 21 heavy (non-hydrogen) atoms. The molecule has 8 heteroatoms. The lowest BCUT2D eigenvalue weighted by molar-refractivity contribution is -0.385. The molecular formula is C13H13N5O3. The number of aryl methyl sites for hydroxylation is 2. The highest BCUT2D eigenvalue weighted by Gasteiger charge is 2.17. The normalized spacial score (nSPS) is 10.2. The summed E-state index contributed by atoms with van der Waals surface area (Å²) in [5, 5.41) is 25.9. The summed E-state index contributed by atoms with van der Waals surface area (Å²) in [6, 6.07) is 4.46. The lowest BCUT2D eigenvalue weighted by Gasteiger charge is -2.11. The van der Waals surface area contributed by atoms with Gasteiger partial charge in [-0.2, -0.15) is 5.10 Å². The molecule has 0 spiro atoms. The Morgan fingerprint density at radius 3 is 2.71 bits per heavy atom. The maximum Gasteiger partial charge on any atom is 0.276 e. The number of hydrogen-bond donors (Lipinski definition) is 2. The molecule has 2 rings (SSSR count). The minimum Gasteiger partial charge on any atom is -0.436 e. The Bertz CT molecular complexity index is 730. The number of ether oxygens (including phenoxy) is 1. The first-order valence-corrected chi connectivity index (χ1v) is 5.99. The van der Waals surface area contributed by atoms with Crippen molar-refractivity contribution >= 4 is 11.5 Å². The van der Waals surface area contributed by atoms with Gasteiger partial charge in [0.15, 0.2) is 0 Å². The zero-order chi connectivity index (χ0) is 15.6. The SMILES string of the molecule is Cc1cc(C)c([N+](=O)[O-])cc1Oc1nnccc1C(=N)N. The van der Waals surface area contributed by atoms with Gasteiger partial charge in [0.05, 0.1) is 22.7 Å². The Hall–Kier alpha value is -3.03. The summed E-state index contributed by atoms with van der Waals surface area (Å²) in [5.41, 5.74) is 6.90. The standard InChI is InChI=1S/C13H13N5O3/c1-7-5-8(2)11(6-10(7)18(19)20)21-13-9(12(14)15)3-4-16-17-13/h3-6H,1-2H3,(H3,14,15). The lowest BCUT2D eigenvalue weighted by atomic mass is 10.1. The first kappa shape index (κ1) is 14.4. The molecule has 108 valence electrons. The van der Waals surface area contributed by atoms with Crippen LogP contribution in [0.2, 0.25) is 0 Å². The minimum atomic E-state index is -0.482. The first-order valence-electron chi connectivity index (χ1n) is 5.99. The van der Waals surface area contributed by atoms with Crippen molar-refractivity contribution in [3.05, 3.63) is 51.2 Å². The van der Waals surface area contributed by atoms with Crippen LogP contribution in [-0.2, 0) is 0 Å². The predicted octanol–water partition coefficient (Wildman–Crippen LogP) is 2.08. The van der Waals surface area contributed by atoms with E-state index in [0.29, 0.717) is 11.1 Å². The highest BCUT2D eigenvalue weighted by atomic mass is 16.6. The molecule has 3 N–H and O–H groups in total. The van der Waals surface area contributed by atoms with E-state index in [-0.39, 0.29) is 28.7 Å². The molecule has 1 heterocycles. The maximum atomic E-state index is 11.0. The Labute approximate surface area is 120 Å². The number of amidine groups is 1. The van der Waals surface area contributed by atoms with Crippen molar-refractivity contribution in [2.75, 3.05) is 0 Å². The van der Waals surface area contributed by atoms with Crippen LogP contribution in [0.15, 0.2) is 24.4 Å². The van der Waals surface area contributed by atoms with Crippen LogP contribution in [0.1, 0.15) is 16.7 Å². The average Bonchev–Trinajstić information content (AvgIpc) is 2.41. The van der Waals surface area contributed by atoms with Crippen LogP contribution in [0.5, 0.6) is 11.6 Å². The van der Waals surface area contributed by atoms with Crippen LogP contribution in [-0.4, -0.2) is 21.0 Å². The molecule has 0 amide bonds. The largest absolute Gasteiger partial charge is 0.436 e. The average molecular weight is 287 g/mol. The number of rotatable bonds is 4. The summed E-state index contributed by atoms with van der Waals surface area (Å²) in [5.74, 6) is 0.0840. The summed E-state index contributed by atoms with van der Waals surface area (Å²) in [6.07, 6.45) is 1.38. The second-order valence-electron chi connectivity index (χ2n) is 4.43. The number of nitro benzene ring substituents is 1. The summed E-state index contributed by atoms with van der Waals surface area (Å²) in [6.45, 7) is 3.41. The zero-order valence-corrected chi connectivity index (χ0v) is 11.5. The summed E-state index contributed by atoms with van der Waals surface area (Å²) in [7, 11) is 0. The number of hydrogen-bond acceptors (Lipinski definition) is 6. The van der Waals surface area contributed by atoms with Gasteiger partial charge in [0.1, 0.15) is 11.6 Å². The van der Waals surface area contributed by atoms with E-state index in [1.54, 1.807) is 19.9 Å². The van der Waals surface area contributed by atoms with Gasteiger partial charge < -0.3 is 10.5 Å². The van der Waals surface area contributed by atoms with E-state index in [4.69, 9.17) is 15.9 Å². The topological polar surface area (TPSA) is 128 Å². The third kappa shape index (κ3) is 2.94. The number of nitrogens with two attached hydrogens (primary N) is 1. The van der Waals surface area contributed by atoms with Gasteiger partial charge in [-0.25, -0.2) is 0 Å². The van der Waals surface area contributed by atoms with Crippen LogP contribution < -0.4 is 10.5 Å². The molecule has 0 aliphatic carbocycles. The predicted molar refractivity (Wildman–Crippen MR) is 75.7 cm³/mol. The third-order valence-corrected chi connectivity index (χ3v) is 2.87. The smallest absolute Gasteiger partial charge is 0.276 e. The number of nitro groups is 1. The van der Waals surface area contributed by atoms with Gasteiger partial charge in [0, 0.05) is 5.56 Å². The van der Waals surface area contributed by atoms with Crippen molar-refractivity contribution in [2.45, 2.75) is 13.8 Å². The van der Waals surface area contributed by atoms with E-state index in [1.807, 2.05) is 0 Å². The second-order valence-corrected chi connectivity index (χ2v) is 4.43. The van der Waals surface area contributed by atoms with Crippen LogP contribution >= 0.6 is 0 Å². The third-order valence-electron chi connectivity index (χ3n) is 2.87. The Morgan fingerprint density at radius 2 is 2.10 bits per heavy atom. The van der Waals surface area contributed by atoms with Gasteiger partial charge in [-0.1, -0.05) is 0 Å². The van der Waals surface area contributed by atoms with Gasteiger partial charge in [-0.05, 0) is 31.5 Å². The molecule has 0 saturated heterocycles. The zero-order valence-electron chi connectivity index (χ0n) is 11.5. The van der Waals surface area contributed by atoms with E-state index < -0.39 is 4.92 Å². The fourth-order valence-corrected chi connectivity index (χ4v) is 1.83. The quantitative estimate of drug-likeness (QED) is 0.383. The Balaban J connectivity index is 2.47. The van der Waals surface area contributed by atoms with Gasteiger partial charge >= 0.3 is 0 Å². The molecule has 0 unspecified atom stereocenters. The van der Waals surface area contributed by atoms with Crippen molar-refractivity contribution in [2.24, 2.45) is 5.73 Å². The van der Waals surface area contributed by atoms with Crippen molar-refractivity contribution < 1.29 is 9.66 Å². The molecule has 0 atom stereocenters. The molecule has 8 nitrogen and oxygen atoms in total. The van der Waals surface area contributed by atoms with Crippen molar-refractivity contribution in [1.29, 1.82) is 5.41 Å². The van der Waals surface area contributed by atoms with E-state index in [0.717, 1.165) is 0 Å². The van der Waals surface area contributed by atoms with Crippen molar-refractivity contribution in [1.82, 2.24) is 10.2 Å². The monoisotopic (exact) mass is 287 g/mol. The number of nitrogens with zero attached hydrogens (tertiary/aromatic N) is 3. The van der Waals surface area contributed by atoms with E-state index in [2.05, 4.69) is 10.2 Å². The van der Waals surface area contributed by atoms with Crippen LogP contribution in [0.4, 0.5) is 5.69 Å². The van der Waals surface area contributed by atoms with E-state index >= 15 is 0 Å². The van der Waals surface area contributed by atoms with Gasteiger partial charge in [0.25, 0.3) is 5.69 Å². The molecule has 0 fully saturated rings. The van der Waals surface area contributed by atoms with Gasteiger partial charge in [-0.15, -0.1) is 5.10 Å². The molecule has 0 aliphatic heterocycles. The van der Waals surface area contributed by atoms with E-state index in [1.165, 1.54) is 18.3 Å². The molecule has 0 radical (unpaired) electrons. The molecule has 2 aromatic rings. The van der Waals surface area contributed by atoms with Crippen LogP contribution in [0.3, 0.4) is 0 Å². The molecule has 0 saturated carbocycles. The minimum absolute atomic E-state index is 0.0336. The van der Waals surface area contributed by atoms with Crippen LogP contribution in [0.25, 0.3) is 0 Å². The highest BCUT2D eigenvalue weighted by molar-refractivity contribution is 5.96. The highest BCUT2D eigenvalue weighted by Crippen LogP contribution is 2.31. The number of aromatic nitrogens is 2.